The van der Waals surface area contributed by atoms with Gasteiger partial charge >= 0.3 is 0 Å². The molecule has 1 amide bonds. The number of nitrogens with zero attached hydrogens (tertiary/aromatic N) is 1. The highest BCUT2D eigenvalue weighted by molar-refractivity contribution is 5.77. The number of carbonyl (C=O) groups is 1. The maximum atomic E-state index is 11.8. The van der Waals surface area contributed by atoms with Crippen molar-refractivity contribution in [3.05, 3.63) is 29.8 Å². The van der Waals surface area contributed by atoms with E-state index in [1.165, 1.54) is 19.3 Å². The van der Waals surface area contributed by atoms with Crippen LogP contribution in [0.25, 0.3) is 0 Å². The lowest BCUT2D eigenvalue weighted by Crippen LogP contribution is -2.43. The fraction of sp³-hybridized carbons (Fsp3) is 0.500. The van der Waals surface area contributed by atoms with Crippen LogP contribution in [-0.4, -0.2) is 19.1 Å². The summed E-state index contributed by atoms with van der Waals surface area (Å²) >= 11 is 0. The van der Waals surface area contributed by atoms with E-state index in [1.54, 1.807) is 24.3 Å². The number of para-hydroxylation sites is 1. The standard InChI is InChI=1S/C16H20N2O2/c1-2-16(8-5-9-16)12-18-15(19)11-20-14-7-4-3-6-13(14)10-17/h3-4,6-7H,2,5,8-9,11-12H2,1H3,(H,18,19). The van der Waals surface area contributed by atoms with Gasteiger partial charge in [0.2, 0.25) is 0 Å². The van der Waals surface area contributed by atoms with Crippen LogP contribution < -0.4 is 10.1 Å². The van der Waals surface area contributed by atoms with Gasteiger partial charge in [0.25, 0.3) is 5.91 Å². The molecule has 0 aliphatic heterocycles. The van der Waals surface area contributed by atoms with Crippen molar-refractivity contribution in [1.82, 2.24) is 5.32 Å². The molecule has 1 N–H and O–H groups in total. The maximum absolute atomic E-state index is 11.8. The quantitative estimate of drug-likeness (QED) is 0.866. The number of nitriles is 1. The number of carbonyl (C=O) groups excluding carboxylic acids is 1. The van der Waals surface area contributed by atoms with Crippen molar-refractivity contribution in [3.8, 4) is 11.8 Å². The zero-order valence-corrected chi connectivity index (χ0v) is 11.8. The molecule has 106 valence electrons. The minimum absolute atomic E-state index is 0.0432. The van der Waals surface area contributed by atoms with E-state index in [2.05, 4.69) is 12.2 Å². The fourth-order valence-corrected chi connectivity index (χ4v) is 2.50. The van der Waals surface area contributed by atoms with E-state index in [1.807, 2.05) is 6.07 Å². The van der Waals surface area contributed by atoms with Gasteiger partial charge < -0.3 is 10.1 Å². The van der Waals surface area contributed by atoms with Crippen LogP contribution in [0.15, 0.2) is 24.3 Å². The second kappa shape index (κ2) is 6.42. The van der Waals surface area contributed by atoms with Crippen LogP contribution in [0.5, 0.6) is 5.75 Å². The van der Waals surface area contributed by atoms with Crippen molar-refractivity contribution in [1.29, 1.82) is 5.26 Å². The van der Waals surface area contributed by atoms with Gasteiger partial charge in [0.1, 0.15) is 11.8 Å². The van der Waals surface area contributed by atoms with Gasteiger partial charge in [0, 0.05) is 6.54 Å². The SMILES string of the molecule is CCC1(CNC(=O)COc2ccccc2C#N)CCC1. The molecule has 4 nitrogen and oxygen atoms in total. The highest BCUT2D eigenvalue weighted by atomic mass is 16.5. The number of rotatable bonds is 6. The molecule has 1 saturated carbocycles. The van der Waals surface area contributed by atoms with Crippen LogP contribution in [0.3, 0.4) is 0 Å². The molecule has 4 heteroatoms. The Morgan fingerprint density at radius 3 is 2.80 bits per heavy atom. The van der Waals surface area contributed by atoms with Crippen molar-refractivity contribution < 1.29 is 9.53 Å². The Balaban J connectivity index is 1.79. The third-order valence-corrected chi connectivity index (χ3v) is 4.19. The number of ether oxygens (including phenoxy) is 1. The van der Waals surface area contributed by atoms with E-state index in [4.69, 9.17) is 10.00 Å². The summed E-state index contributed by atoms with van der Waals surface area (Å²) < 4.78 is 5.41. The van der Waals surface area contributed by atoms with E-state index in [9.17, 15) is 4.79 Å². The summed E-state index contributed by atoms with van der Waals surface area (Å²) in [5, 5.41) is 11.9. The Labute approximate surface area is 119 Å². The third kappa shape index (κ3) is 3.30. The largest absolute Gasteiger partial charge is 0.482 e. The molecule has 0 atom stereocenters. The first-order valence-corrected chi connectivity index (χ1v) is 7.08. The maximum Gasteiger partial charge on any atom is 0.257 e. The number of hydrogen-bond acceptors (Lipinski definition) is 3. The Kier molecular flexibility index (Phi) is 4.62. The molecule has 0 radical (unpaired) electrons. The summed E-state index contributed by atoms with van der Waals surface area (Å²) in [4.78, 5) is 11.8. The van der Waals surface area contributed by atoms with Gasteiger partial charge in [-0.2, -0.15) is 5.26 Å². The molecular formula is C16H20N2O2. The first-order valence-electron chi connectivity index (χ1n) is 7.08. The highest BCUT2D eigenvalue weighted by Crippen LogP contribution is 2.42. The highest BCUT2D eigenvalue weighted by Gasteiger charge is 2.35. The summed E-state index contributed by atoms with van der Waals surface area (Å²) in [5.74, 6) is 0.330. The van der Waals surface area contributed by atoms with Gasteiger partial charge in [-0.05, 0) is 36.8 Å². The van der Waals surface area contributed by atoms with Crippen LogP contribution in [0.2, 0.25) is 0 Å². The van der Waals surface area contributed by atoms with Crippen molar-refractivity contribution in [2.24, 2.45) is 5.41 Å². The molecule has 0 unspecified atom stereocenters. The fourth-order valence-electron chi connectivity index (χ4n) is 2.50. The van der Waals surface area contributed by atoms with Crippen LogP contribution >= 0.6 is 0 Å². The number of nitrogens with one attached hydrogen (secondary N) is 1. The second-order valence-electron chi connectivity index (χ2n) is 5.38. The van der Waals surface area contributed by atoms with Crippen molar-refractivity contribution in [3.63, 3.8) is 0 Å². The molecule has 1 aliphatic rings. The summed E-state index contributed by atoms with van der Waals surface area (Å²) in [7, 11) is 0. The van der Waals surface area contributed by atoms with Crippen molar-refractivity contribution >= 4 is 5.91 Å². The molecule has 0 heterocycles. The Bertz CT molecular complexity index is 510. The average molecular weight is 272 g/mol. The molecule has 2 rings (SSSR count). The van der Waals surface area contributed by atoms with Gasteiger partial charge in [-0.25, -0.2) is 0 Å². The molecule has 0 saturated heterocycles. The Morgan fingerprint density at radius 1 is 1.45 bits per heavy atom. The zero-order chi connectivity index (χ0) is 14.4. The average Bonchev–Trinajstić information content (AvgIpc) is 2.44. The Hall–Kier alpha value is -2.02. The van der Waals surface area contributed by atoms with E-state index < -0.39 is 0 Å². The molecular weight excluding hydrogens is 252 g/mol. The van der Waals surface area contributed by atoms with E-state index in [0.29, 0.717) is 16.7 Å². The first kappa shape index (κ1) is 14.4. The normalized spacial score (nSPS) is 15.8. The lowest BCUT2D eigenvalue weighted by Gasteiger charge is -2.41. The second-order valence-corrected chi connectivity index (χ2v) is 5.38. The minimum Gasteiger partial charge on any atom is -0.482 e. The third-order valence-electron chi connectivity index (χ3n) is 4.19. The van der Waals surface area contributed by atoms with Gasteiger partial charge in [-0.3, -0.25) is 4.79 Å². The van der Waals surface area contributed by atoms with Crippen LogP contribution in [0, 0.1) is 16.7 Å². The van der Waals surface area contributed by atoms with Gasteiger partial charge in [0.05, 0.1) is 5.56 Å². The number of benzene rings is 1. The molecule has 1 aliphatic carbocycles. The molecule has 1 aromatic carbocycles. The molecule has 1 fully saturated rings. The summed E-state index contributed by atoms with van der Waals surface area (Å²) in [5.41, 5.74) is 0.754. The Morgan fingerprint density at radius 2 is 2.20 bits per heavy atom. The smallest absolute Gasteiger partial charge is 0.257 e. The van der Waals surface area contributed by atoms with Gasteiger partial charge in [-0.1, -0.05) is 25.5 Å². The van der Waals surface area contributed by atoms with Crippen molar-refractivity contribution in [2.45, 2.75) is 32.6 Å². The van der Waals surface area contributed by atoms with E-state index in [-0.39, 0.29) is 12.5 Å². The summed E-state index contributed by atoms with van der Waals surface area (Å²) in [6.07, 6.45) is 4.75. The molecule has 20 heavy (non-hydrogen) atoms. The molecule has 0 aromatic heterocycles. The van der Waals surface area contributed by atoms with Gasteiger partial charge in [-0.15, -0.1) is 0 Å². The lowest BCUT2D eigenvalue weighted by molar-refractivity contribution is -0.124. The lowest BCUT2D eigenvalue weighted by atomic mass is 9.67. The van der Waals surface area contributed by atoms with Crippen LogP contribution in [0.4, 0.5) is 0 Å². The van der Waals surface area contributed by atoms with Crippen LogP contribution in [0.1, 0.15) is 38.2 Å². The van der Waals surface area contributed by atoms with E-state index in [0.717, 1.165) is 13.0 Å². The number of hydrogen-bond donors (Lipinski definition) is 1. The first-order chi connectivity index (χ1) is 9.69. The number of amides is 1. The molecule has 0 spiro atoms. The van der Waals surface area contributed by atoms with E-state index >= 15 is 0 Å². The molecule has 0 bridgehead atoms. The summed E-state index contributed by atoms with van der Waals surface area (Å²) in [6.45, 7) is 2.86. The van der Waals surface area contributed by atoms with Crippen LogP contribution in [-0.2, 0) is 4.79 Å². The summed E-state index contributed by atoms with van der Waals surface area (Å²) in [6, 6.07) is 8.98. The predicted octanol–water partition coefficient (Wildman–Crippen LogP) is 2.63. The van der Waals surface area contributed by atoms with Gasteiger partial charge in [0.15, 0.2) is 6.61 Å². The zero-order valence-electron chi connectivity index (χ0n) is 11.8. The van der Waals surface area contributed by atoms with Crippen molar-refractivity contribution in [2.75, 3.05) is 13.2 Å². The predicted molar refractivity (Wildman–Crippen MR) is 76.2 cm³/mol. The minimum atomic E-state index is -0.127. The topological polar surface area (TPSA) is 62.1 Å². The molecule has 1 aromatic rings. The monoisotopic (exact) mass is 272 g/mol.